The van der Waals surface area contributed by atoms with Crippen molar-refractivity contribution in [1.82, 2.24) is 15.1 Å². The van der Waals surface area contributed by atoms with Gasteiger partial charge in [0.15, 0.2) is 5.82 Å². The first-order valence-electron chi connectivity index (χ1n) is 8.38. The van der Waals surface area contributed by atoms with Gasteiger partial charge in [0.2, 0.25) is 5.88 Å². The fourth-order valence-electron chi connectivity index (χ4n) is 2.78. The Hall–Kier alpha value is -2.84. The summed E-state index contributed by atoms with van der Waals surface area (Å²) in [5.74, 6) is 0.756. The molecule has 1 aliphatic rings. The minimum Gasteiger partial charge on any atom is -0.471 e. The van der Waals surface area contributed by atoms with Crippen molar-refractivity contribution in [2.24, 2.45) is 0 Å². The zero-order valence-electron chi connectivity index (χ0n) is 14.9. The molecule has 3 rings (SSSR count). The van der Waals surface area contributed by atoms with Crippen molar-refractivity contribution in [2.45, 2.75) is 18.7 Å². The van der Waals surface area contributed by atoms with E-state index in [1.54, 1.807) is 17.0 Å². The minimum atomic E-state index is -4.42. The quantitative estimate of drug-likeness (QED) is 0.816. The number of hydrogen-bond donors (Lipinski definition) is 0. The number of alkyl halides is 3. The Bertz CT molecular complexity index is 792. The van der Waals surface area contributed by atoms with E-state index in [4.69, 9.17) is 4.74 Å². The highest BCUT2D eigenvalue weighted by Gasteiger charge is 2.32. The number of benzene rings is 1. The molecule has 1 unspecified atom stereocenters. The number of halogens is 3. The molecule has 0 radical (unpaired) electrons. The molecule has 0 N–H and O–H groups in total. The van der Waals surface area contributed by atoms with Crippen molar-refractivity contribution in [3.8, 4) is 5.88 Å². The first-order valence-corrected chi connectivity index (χ1v) is 8.38. The molecule has 144 valence electrons. The number of likely N-dealkylation sites (tertiary alicyclic amines) is 1. The highest BCUT2D eigenvalue weighted by atomic mass is 19.4. The minimum absolute atomic E-state index is 0.221. The van der Waals surface area contributed by atoms with Crippen molar-refractivity contribution in [2.75, 3.05) is 32.1 Å². The highest BCUT2D eigenvalue weighted by Crippen LogP contribution is 2.29. The maximum Gasteiger partial charge on any atom is 0.416 e. The molecule has 1 amide bonds. The number of anilines is 1. The number of amides is 1. The maximum absolute atomic E-state index is 12.6. The van der Waals surface area contributed by atoms with Crippen molar-refractivity contribution in [3.05, 3.63) is 47.5 Å². The van der Waals surface area contributed by atoms with Gasteiger partial charge in [0, 0.05) is 38.7 Å². The summed E-state index contributed by atoms with van der Waals surface area (Å²) in [7, 11) is 3.71. The Morgan fingerprint density at radius 1 is 1.15 bits per heavy atom. The van der Waals surface area contributed by atoms with Crippen LogP contribution in [0.15, 0.2) is 36.4 Å². The van der Waals surface area contributed by atoms with Crippen LogP contribution in [-0.4, -0.2) is 54.3 Å². The van der Waals surface area contributed by atoms with E-state index in [-0.39, 0.29) is 17.6 Å². The summed E-state index contributed by atoms with van der Waals surface area (Å²) >= 11 is 0. The zero-order valence-corrected chi connectivity index (χ0v) is 14.9. The Balaban J connectivity index is 1.59. The summed E-state index contributed by atoms with van der Waals surface area (Å²) in [5.41, 5.74) is -0.555. The van der Waals surface area contributed by atoms with E-state index >= 15 is 0 Å². The molecule has 0 saturated carbocycles. The third-order valence-corrected chi connectivity index (χ3v) is 4.26. The van der Waals surface area contributed by atoms with Gasteiger partial charge < -0.3 is 14.5 Å². The van der Waals surface area contributed by atoms with Gasteiger partial charge in [-0.05, 0) is 30.3 Å². The van der Waals surface area contributed by atoms with Gasteiger partial charge in [-0.3, -0.25) is 4.79 Å². The van der Waals surface area contributed by atoms with Crippen LogP contribution in [0.1, 0.15) is 22.3 Å². The third-order valence-electron chi connectivity index (χ3n) is 4.26. The van der Waals surface area contributed by atoms with E-state index < -0.39 is 11.7 Å². The lowest BCUT2D eigenvalue weighted by Gasteiger charge is -2.17. The van der Waals surface area contributed by atoms with Gasteiger partial charge in [0.25, 0.3) is 5.91 Å². The highest BCUT2D eigenvalue weighted by molar-refractivity contribution is 5.94. The second-order valence-corrected chi connectivity index (χ2v) is 6.48. The van der Waals surface area contributed by atoms with Crippen LogP contribution in [0.2, 0.25) is 0 Å². The standard InChI is InChI=1S/C18H19F3N4O2/c1-24(2)15-7-8-16(23-22-15)27-14-9-10-25(11-14)17(26)12-3-5-13(6-4-12)18(19,20)21/h3-8,14H,9-11H2,1-2H3. The van der Waals surface area contributed by atoms with Crippen LogP contribution in [0.4, 0.5) is 19.0 Å². The van der Waals surface area contributed by atoms with Gasteiger partial charge in [-0.2, -0.15) is 13.2 Å². The Labute approximate surface area is 154 Å². The third kappa shape index (κ3) is 4.47. The molecule has 9 heteroatoms. The zero-order chi connectivity index (χ0) is 19.6. The molecule has 0 spiro atoms. The molecule has 2 heterocycles. The molecule has 1 fully saturated rings. The molecule has 0 aliphatic carbocycles. The Morgan fingerprint density at radius 2 is 1.85 bits per heavy atom. The first-order chi connectivity index (χ1) is 12.7. The Morgan fingerprint density at radius 3 is 2.41 bits per heavy atom. The normalized spacial score (nSPS) is 17.1. The molecule has 0 bridgehead atoms. The molecule has 1 saturated heterocycles. The van der Waals surface area contributed by atoms with Gasteiger partial charge in [-0.25, -0.2) is 0 Å². The van der Waals surface area contributed by atoms with E-state index in [1.807, 2.05) is 19.0 Å². The average molecular weight is 380 g/mol. The van der Waals surface area contributed by atoms with Gasteiger partial charge in [0.1, 0.15) is 6.10 Å². The second kappa shape index (κ2) is 7.42. The van der Waals surface area contributed by atoms with Crippen LogP contribution in [0.5, 0.6) is 5.88 Å². The van der Waals surface area contributed by atoms with Crippen molar-refractivity contribution in [3.63, 3.8) is 0 Å². The number of carbonyl (C=O) groups excluding carboxylic acids is 1. The number of rotatable bonds is 4. The average Bonchev–Trinajstić information content (AvgIpc) is 3.09. The monoisotopic (exact) mass is 380 g/mol. The fourth-order valence-corrected chi connectivity index (χ4v) is 2.78. The smallest absolute Gasteiger partial charge is 0.416 e. The van der Waals surface area contributed by atoms with Crippen LogP contribution in [-0.2, 0) is 6.18 Å². The van der Waals surface area contributed by atoms with E-state index in [9.17, 15) is 18.0 Å². The lowest BCUT2D eigenvalue weighted by molar-refractivity contribution is -0.137. The summed E-state index contributed by atoms with van der Waals surface area (Å²) in [4.78, 5) is 15.9. The summed E-state index contributed by atoms with van der Waals surface area (Å²) in [6.45, 7) is 0.810. The van der Waals surface area contributed by atoms with E-state index in [0.29, 0.717) is 31.2 Å². The number of carbonyl (C=O) groups is 1. The summed E-state index contributed by atoms with van der Waals surface area (Å²) in [6.07, 6.45) is -4.04. The largest absolute Gasteiger partial charge is 0.471 e. The van der Waals surface area contributed by atoms with Crippen LogP contribution >= 0.6 is 0 Å². The van der Waals surface area contributed by atoms with Crippen LogP contribution < -0.4 is 9.64 Å². The van der Waals surface area contributed by atoms with Gasteiger partial charge >= 0.3 is 6.18 Å². The van der Waals surface area contributed by atoms with Gasteiger partial charge in [0.05, 0.1) is 12.1 Å². The van der Waals surface area contributed by atoms with E-state index in [2.05, 4.69) is 10.2 Å². The topological polar surface area (TPSA) is 58.6 Å². The van der Waals surface area contributed by atoms with Crippen LogP contribution in [0, 0.1) is 0 Å². The summed E-state index contributed by atoms with van der Waals surface area (Å²) in [6, 6.07) is 7.72. The molecule has 6 nitrogen and oxygen atoms in total. The Kier molecular flexibility index (Phi) is 5.20. The van der Waals surface area contributed by atoms with E-state index in [1.165, 1.54) is 12.1 Å². The molecule has 2 aromatic rings. The number of nitrogens with zero attached hydrogens (tertiary/aromatic N) is 4. The lowest BCUT2D eigenvalue weighted by Crippen LogP contribution is -2.31. The van der Waals surface area contributed by atoms with Gasteiger partial charge in [-0.1, -0.05) is 0 Å². The first kappa shape index (κ1) is 18.9. The van der Waals surface area contributed by atoms with Crippen molar-refractivity contribution in [1.29, 1.82) is 0 Å². The van der Waals surface area contributed by atoms with Crippen molar-refractivity contribution >= 4 is 11.7 Å². The molecule has 27 heavy (non-hydrogen) atoms. The number of ether oxygens (including phenoxy) is 1. The summed E-state index contributed by atoms with van der Waals surface area (Å²) < 4.78 is 43.6. The predicted molar refractivity (Wildman–Crippen MR) is 92.7 cm³/mol. The molecule has 1 aromatic carbocycles. The molecule has 1 atom stereocenters. The molecule has 1 aromatic heterocycles. The van der Waals surface area contributed by atoms with E-state index in [0.717, 1.165) is 12.1 Å². The fraction of sp³-hybridized carbons (Fsp3) is 0.389. The SMILES string of the molecule is CN(C)c1ccc(OC2CCN(C(=O)c3ccc(C(F)(F)F)cc3)C2)nn1. The van der Waals surface area contributed by atoms with Crippen LogP contribution in [0.25, 0.3) is 0 Å². The predicted octanol–water partition coefficient (Wildman–Crippen LogP) is 2.85. The van der Waals surface area contributed by atoms with Gasteiger partial charge in [-0.15, -0.1) is 10.2 Å². The number of aromatic nitrogens is 2. The maximum atomic E-state index is 12.6. The molecular formula is C18H19F3N4O2. The lowest BCUT2D eigenvalue weighted by atomic mass is 10.1. The second-order valence-electron chi connectivity index (χ2n) is 6.48. The summed E-state index contributed by atoms with van der Waals surface area (Å²) in [5, 5.41) is 8.03. The number of hydrogen-bond acceptors (Lipinski definition) is 5. The van der Waals surface area contributed by atoms with Crippen molar-refractivity contribution < 1.29 is 22.7 Å². The van der Waals surface area contributed by atoms with Crippen LogP contribution in [0.3, 0.4) is 0 Å². The molecule has 1 aliphatic heterocycles. The molecular weight excluding hydrogens is 361 g/mol.